The number of nitrogens with one attached hydrogen (secondary N) is 2. The first-order valence-corrected chi connectivity index (χ1v) is 15.2. The predicted molar refractivity (Wildman–Crippen MR) is 162 cm³/mol. The van der Waals surface area contributed by atoms with Crippen LogP contribution in [0, 0.1) is 12.3 Å². The van der Waals surface area contributed by atoms with E-state index in [0.717, 1.165) is 21.7 Å². The van der Waals surface area contributed by atoms with Gasteiger partial charge in [-0.3, -0.25) is 14.4 Å². The number of benzene rings is 1. The van der Waals surface area contributed by atoms with Gasteiger partial charge in [0.25, 0.3) is 0 Å². The van der Waals surface area contributed by atoms with Crippen molar-refractivity contribution in [2.75, 3.05) is 39.5 Å². The second-order valence-corrected chi connectivity index (χ2v) is 12.5. The molecule has 232 valence electrons. The first-order chi connectivity index (χ1) is 19.9. The third-order valence-electron chi connectivity index (χ3n) is 7.17. The second kappa shape index (κ2) is 15.5. The number of nitrogens with zero attached hydrogens (tertiary/aromatic N) is 2. The van der Waals surface area contributed by atoms with Crippen molar-refractivity contribution in [3.8, 4) is 10.4 Å². The van der Waals surface area contributed by atoms with Crippen molar-refractivity contribution in [3.05, 3.63) is 41.0 Å². The number of aliphatic hydroxyl groups is 1. The zero-order chi connectivity index (χ0) is 30.9. The number of carbonyl (C=O) groups is 3. The van der Waals surface area contributed by atoms with Gasteiger partial charge >= 0.3 is 0 Å². The summed E-state index contributed by atoms with van der Waals surface area (Å²) in [6.07, 6.45) is -0.644. The van der Waals surface area contributed by atoms with E-state index in [1.54, 1.807) is 11.3 Å². The number of thiazole rings is 1. The average molecular weight is 604 g/mol. The zero-order valence-electron chi connectivity index (χ0n) is 25.2. The Kier molecular flexibility index (Phi) is 12.4. The minimum absolute atomic E-state index is 0.0164. The van der Waals surface area contributed by atoms with Gasteiger partial charge in [0.05, 0.1) is 54.7 Å². The Hall–Kier alpha value is -2.90. The molecule has 3 rings (SSSR count). The van der Waals surface area contributed by atoms with E-state index in [2.05, 4.69) is 15.6 Å². The predicted octanol–water partition coefficient (Wildman–Crippen LogP) is 2.17. The van der Waals surface area contributed by atoms with E-state index in [4.69, 9.17) is 15.2 Å². The van der Waals surface area contributed by atoms with Crippen LogP contribution in [0.3, 0.4) is 0 Å². The van der Waals surface area contributed by atoms with E-state index >= 15 is 0 Å². The van der Waals surface area contributed by atoms with Crippen LogP contribution in [0.1, 0.15) is 57.8 Å². The lowest BCUT2D eigenvalue weighted by atomic mass is 9.85. The number of β-amino-alcohol motifs (C(OH)–C–C–N with tert-alkyl or cyclic N) is 1. The first kappa shape index (κ1) is 33.6. The molecule has 2 heterocycles. The molecule has 2 aromatic rings. The number of carbonyl (C=O) groups excluding carboxylic acids is 3. The summed E-state index contributed by atoms with van der Waals surface area (Å²) in [6, 6.07) is 5.88. The number of aliphatic hydroxyl groups excluding tert-OH is 1. The van der Waals surface area contributed by atoms with E-state index in [1.807, 2.05) is 64.4 Å². The summed E-state index contributed by atoms with van der Waals surface area (Å²) in [4.78, 5) is 46.7. The maximum absolute atomic E-state index is 13.8. The summed E-state index contributed by atoms with van der Waals surface area (Å²) < 4.78 is 10.7. The van der Waals surface area contributed by atoms with E-state index in [9.17, 15) is 19.5 Å². The number of ether oxygens (including phenoxy) is 2. The molecule has 0 bridgehead atoms. The minimum Gasteiger partial charge on any atom is -0.391 e. The minimum atomic E-state index is -0.890. The summed E-state index contributed by atoms with van der Waals surface area (Å²) in [7, 11) is 0. The van der Waals surface area contributed by atoms with Gasteiger partial charge in [0.15, 0.2) is 0 Å². The molecule has 11 nitrogen and oxygen atoms in total. The zero-order valence-corrected chi connectivity index (χ0v) is 26.0. The van der Waals surface area contributed by atoms with Crippen LogP contribution in [0.25, 0.3) is 10.4 Å². The number of amides is 3. The highest BCUT2D eigenvalue weighted by Gasteiger charge is 2.44. The highest BCUT2D eigenvalue weighted by Crippen LogP contribution is 2.29. The molecule has 4 unspecified atom stereocenters. The SMILES string of the molecule is Cc1ncsc1-c1ccc(C(C)NC(=O)C2CC(O)CN2C(=O)C(NC(=O)CCOCCOCCN)C(C)(C)C)cc1. The first-order valence-electron chi connectivity index (χ1n) is 14.4. The van der Waals surface area contributed by atoms with Crippen molar-refractivity contribution >= 4 is 29.1 Å². The molecule has 1 aromatic heterocycles. The molecule has 1 aromatic carbocycles. The maximum Gasteiger partial charge on any atom is 0.246 e. The van der Waals surface area contributed by atoms with Crippen LogP contribution in [-0.2, 0) is 23.9 Å². The average Bonchev–Trinajstić information content (AvgIpc) is 3.55. The normalized spacial score (nSPS) is 18.5. The molecular formula is C30H45N5O6S. The van der Waals surface area contributed by atoms with Crippen LogP contribution >= 0.6 is 11.3 Å². The highest BCUT2D eigenvalue weighted by molar-refractivity contribution is 7.13. The Morgan fingerprint density at radius 3 is 2.38 bits per heavy atom. The second-order valence-electron chi connectivity index (χ2n) is 11.6. The van der Waals surface area contributed by atoms with Crippen molar-refractivity contribution in [1.29, 1.82) is 0 Å². The van der Waals surface area contributed by atoms with Crippen molar-refractivity contribution < 1.29 is 29.0 Å². The third kappa shape index (κ3) is 9.30. The van der Waals surface area contributed by atoms with Gasteiger partial charge in [-0.05, 0) is 30.4 Å². The molecular weight excluding hydrogens is 558 g/mol. The molecule has 42 heavy (non-hydrogen) atoms. The molecule has 0 spiro atoms. The van der Waals surface area contributed by atoms with E-state index in [1.165, 1.54) is 4.90 Å². The molecule has 4 atom stereocenters. The summed E-state index contributed by atoms with van der Waals surface area (Å²) in [6.45, 7) is 11.2. The fraction of sp³-hybridized carbons (Fsp3) is 0.600. The van der Waals surface area contributed by atoms with Gasteiger partial charge in [-0.15, -0.1) is 11.3 Å². The Labute approximate surface area is 252 Å². The van der Waals surface area contributed by atoms with Crippen LogP contribution < -0.4 is 16.4 Å². The molecule has 0 saturated carbocycles. The van der Waals surface area contributed by atoms with Crippen molar-refractivity contribution in [2.45, 2.75) is 71.7 Å². The number of hydrogen-bond acceptors (Lipinski definition) is 9. The molecule has 1 saturated heterocycles. The van der Waals surface area contributed by atoms with Gasteiger partial charge in [0.1, 0.15) is 12.1 Å². The van der Waals surface area contributed by atoms with Crippen LogP contribution in [0.15, 0.2) is 29.8 Å². The summed E-state index contributed by atoms with van der Waals surface area (Å²) in [5, 5.41) is 16.3. The van der Waals surface area contributed by atoms with E-state index in [-0.39, 0.29) is 43.8 Å². The number of aryl methyl sites for hydroxylation is 1. The standard InChI is InChI=1S/C30H45N5O6S/c1-19(21-6-8-22(9-7-21)26-20(2)32-18-42-26)33-28(38)24-16-23(36)17-35(24)29(39)27(30(3,4)5)34-25(37)10-12-40-14-15-41-13-11-31/h6-9,18-19,23-24,27,36H,10-17,31H2,1-5H3,(H,33,38)(H,34,37). The maximum atomic E-state index is 13.8. The molecule has 5 N–H and O–H groups in total. The lowest BCUT2D eigenvalue weighted by molar-refractivity contribution is -0.144. The summed E-state index contributed by atoms with van der Waals surface area (Å²) in [5.74, 6) is -1.09. The van der Waals surface area contributed by atoms with Gasteiger partial charge in [0.2, 0.25) is 17.7 Å². The van der Waals surface area contributed by atoms with Crippen LogP contribution in [0.4, 0.5) is 0 Å². The van der Waals surface area contributed by atoms with Gasteiger partial charge < -0.3 is 35.8 Å². The highest BCUT2D eigenvalue weighted by atomic mass is 32.1. The summed E-state index contributed by atoms with van der Waals surface area (Å²) >= 11 is 1.58. The molecule has 1 fully saturated rings. The lowest BCUT2D eigenvalue weighted by Gasteiger charge is -2.35. The number of aromatic nitrogens is 1. The van der Waals surface area contributed by atoms with Crippen molar-refractivity contribution in [3.63, 3.8) is 0 Å². The molecule has 12 heteroatoms. The van der Waals surface area contributed by atoms with Crippen molar-refractivity contribution in [1.82, 2.24) is 20.5 Å². The topological polar surface area (TPSA) is 156 Å². The largest absolute Gasteiger partial charge is 0.391 e. The number of rotatable bonds is 14. The third-order valence-corrected chi connectivity index (χ3v) is 8.15. The van der Waals surface area contributed by atoms with Gasteiger partial charge in [-0.1, -0.05) is 45.0 Å². The lowest BCUT2D eigenvalue weighted by Crippen LogP contribution is -2.58. The van der Waals surface area contributed by atoms with E-state index in [0.29, 0.717) is 26.4 Å². The molecule has 1 aliphatic heterocycles. The molecule has 0 aliphatic carbocycles. The van der Waals surface area contributed by atoms with Crippen LogP contribution in [0.2, 0.25) is 0 Å². The smallest absolute Gasteiger partial charge is 0.246 e. The summed E-state index contributed by atoms with van der Waals surface area (Å²) in [5.41, 5.74) is 9.50. The van der Waals surface area contributed by atoms with E-state index < -0.39 is 29.5 Å². The number of nitrogens with two attached hydrogens (primary N) is 1. The van der Waals surface area contributed by atoms with Gasteiger partial charge in [-0.2, -0.15) is 0 Å². The fourth-order valence-corrected chi connectivity index (χ4v) is 5.63. The molecule has 1 aliphatic rings. The molecule has 3 amide bonds. The van der Waals surface area contributed by atoms with Crippen molar-refractivity contribution in [2.24, 2.45) is 11.1 Å². The number of likely N-dealkylation sites (tertiary alicyclic amines) is 1. The van der Waals surface area contributed by atoms with Crippen LogP contribution in [-0.4, -0.2) is 90.4 Å². The Bertz CT molecular complexity index is 1180. The Morgan fingerprint density at radius 1 is 1.12 bits per heavy atom. The van der Waals surface area contributed by atoms with Gasteiger partial charge in [0, 0.05) is 25.9 Å². The number of hydrogen-bond donors (Lipinski definition) is 4. The molecule has 0 radical (unpaired) electrons. The van der Waals surface area contributed by atoms with Crippen LogP contribution in [0.5, 0.6) is 0 Å². The quantitative estimate of drug-likeness (QED) is 0.240. The Balaban J connectivity index is 1.61. The fourth-order valence-electron chi connectivity index (χ4n) is 4.82. The Morgan fingerprint density at radius 2 is 1.79 bits per heavy atom. The van der Waals surface area contributed by atoms with Gasteiger partial charge in [-0.25, -0.2) is 4.98 Å². The monoisotopic (exact) mass is 603 g/mol.